The molecule has 2 N–H and O–H groups in total. The molecule has 0 radical (unpaired) electrons. The molecule has 0 spiro atoms. The van der Waals surface area contributed by atoms with Crippen molar-refractivity contribution >= 4 is 23.6 Å². The molecular formula is C7H6ClN3O. The molecule has 0 aliphatic carbocycles. The minimum atomic E-state index is -0.532. The zero-order valence-corrected chi connectivity index (χ0v) is 6.82. The first-order valence-corrected chi connectivity index (χ1v) is 3.51. The number of halogens is 1. The third kappa shape index (κ3) is 2.32. The smallest absolute Gasteiger partial charge is 0.241 e. The second-order valence-electron chi connectivity index (χ2n) is 2.00. The van der Waals surface area contributed by atoms with Crippen molar-refractivity contribution in [3.05, 3.63) is 29.3 Å². The number of rotatable bonds is 2. The Morgan fingerprint density at radius 1 is 1.67 bits per heavy atom. The summed E-state index contributed by atoms with van der Waals surface area (Å²) in [5.74, 6) is -0.532. The molecular weight excluding hydrogens is 178 g/mol. The molecule has 0 atom stereocenters. The van der Waals surface area contributed by atoms with E-state index in [1.54, 1.807) is 0 Å². The molecule has 0 unspecified atom stereocenters. The molecule has 1 aromatic heterocycles. The van der Waals surface area contributed by atoms with Crippen molar-refractivity contribution in [3.8, 4) is 0 Å². The van der Waals surface area contributed by atoms with E-state index in [0.717, 1.165) is 0 Å². The van der Waals surface area contributed by atoms with Crippen LogP contribution in [0.2, 0.25) is 5.15 Å². The summed E-state index contributed by atoms with van der Waals surface area (Å²) >= 11 is 5.65. The minimum absolute atomic E-state index is 0.294. The quantitative estimate of drug-likeness (QED) is 0.540. The van der Waals surface area contributed by atoms with Crippen LogP contribution in [0.5, 0.6) is 0 Å². The lowest BCUT2D eigenvalue weighted by Gasteiger charge is -1.92. The van der Waals surface area contributed by atoms with Gasteiger partial charge < -0.3 is 5.73 Å². The van der Waals surface area contributed by atoms with Gasteiger partial charge in [-0.3, -0.25) is 4.79 Å². The molecule has 1 aromatic rings. The van der Waals surface area contributed by atoms with Crippen LogP contribution in [0.1, 0.15) is 5.56 Å². The Balaban J connectivity index is 2.89. The molecule has 12 heavy (non-hydrogen) atoms. The lowest BCUT2D eigenvalue weighted by Crippen LogP contribution is -2.05. The van der Waals surface area contributed by atoms with Gasteiger partial charge in [0, 0.05) is 17.8 Å². The summed E-state index contributed by atoms with van der Waals surface area (Å²) in [6.45, 7) is 0. The van der Waals surface area contributed by atoms with Crippen molar-refractivity contribution in [2.75, 3.05) is 0 Å². The number of nitrogens with zero attached hydrogens (tertiary/aromatic N) is 2. The Morgan fingerprint density at radius 3 is 3.00 bits per heavy atom. The number of carbonyl (C=O) groups is 1. The summed E-state index contributed by atoms with van der Waals surface area (Å²) in [4.78, 5) is 17.8. The van der Waals surface area contributed by atoms with Crippen molar-refractivity contribution in [3.63, 3.8) is 0 Å². The predicted molar refractivity (Wildman–Crippen MR) is 45.3 cm³/mol. The van der Waals surface area contributed by atoms with Gasteiger partial charge in [0.15, 0.2) is 0 Å². The molecule has 0 saturated carbocycles. The van der Waals surface area contributed by atoms with Crippen molar-refractivity contribution in [2.24, 2.45) is 5.73 Å². The lowest BCUT2D eigenvalue weighted by molar-refractivity contribution is -0.113. The highest BCUT2D eigenvalue weighted by Gasteiger charge is 1.95. The first-order valence-electron chi connectivity index (χ1n) is 3.13. The van der Waals surface area contributed by atoms with E-state index in [-0.39, 0.29) is 0 Å². The van der Waals surface area contributed by atoms with Crippen LogP contribution in [-0.2, 0) is 4.79 Å². The Labute approximate surface area is 74.1 Å². The number of carbonyl (C=O) groups excluding carboxylic acids is 1. The Kier molecular flexibility index (Phi) is 2.76. The van der Waals surface area contributed by atoms with Gasteiger partial charge in [-0.1, -0.05) is 11.6 Å². The van der Waals surface area contributed by atoms with Gasteiger partial charge in [0.1, 0.15) is 11.5 Å². The highest BCUT2D eigenvalue weighted by atomic mass is 35.5. The van der Waals surface area contributed by atoms with Gasteiger partial charge >= 0.3 is 0 Å². The largest absolute Gasteiger partial charge is 0.366 e. The summed E-state index contributed by atoms with van der Waals surface area (Å²) in [6, 6.07) is 0. The molecule has 1 rings (SSSR count). The number of nitrogens with two attached hydrogens (primary N) is 1. The van der Waals surface area contributed by atoms with Gasteiger partial charge in [-0.2, -0.15) is 0 Å². The molecule has 62 valence electrons. The predicted octanol–water partition coefficient (Wildman–Crippen LogP) is 0.629. The van der Waals surface area contributed by atoms with Crippen LogP contribution in [0.4, 0.5) is 0 Å². The summed E-state index contributed by atoms with van der Waals surface area (Å²) in [6.07, 6.45) is 5.48. The summed E-state index contributed by atoms with van der Waals surface area (Å²) in [5, 5.41) is 0.294. The average molecular weight is 184 g/mol. The Morgan fingerprint density at radius 2 is 2.42 bits per heavy atom. The van der Waals surface area contributed by atoms with Crippen molar-refractivity contribution in [1.82, 2.24) is 9.97 Å². The van der Waals surface area contributed by atoms with Crippen molar-refractivity contribution in [2.45, 2.75) is 0 Å². The van der Waals surface area contributed by atoms with Crippen LogP contribution in [0.15, 0.2) is 18.6 Å². The second kappa shape index (κ2) is 3.82. The zero-order chi connectivity index (χ0) is 8.97. The molecule has 5 heteroatoms. The number of hydrogen-bond donors (Lipinski definition) is 1. The molecule has 1 amide bonds. The van der Waals surface area contributed by atoms with Crippen LogP contribution >= 0.6 is 11.6 Å². The maximum absolute atomic E-state index is 10.3. The lowest BCUT2D eigenvalue weighted by atomic mass is 10.3. The molecule has 0 saturated heterocycles. The minimum Gasteiger partial charge on any atom is -0.366 e. The Bertz CT molecular complexity index is 324. The van der Waals surface area contributed by atoms with E-state index in [4.69, 9.17) is 17.3 Å². The fourth-order valence-electron chi connectivity index (χ4n) is 0.609. The molecule has 4 nitrogen and oxygen atoms in total. The van der Waals surface area contributed by atoms with E-state index in [1.807, 2.05) is 0 Å². The van der Waals surface area contributed by atoms with Crippen LogP contribution in [0.25, 0.3) is 6.08 Å². The number of aromatic nitrogens is 2. The second-order valence-corrected chi connectivity index (χ2v) is 2.36. The molecule has 0 aliphatic rings. The van der Waals surface area contributed by atoms with Gasteiger partial charge in [0.05, 0.1) is 0 Å². The first kappa shape index (κ1) is 8.67. The van der Waals surface area contributed by atoms with Gasteiger partial charge in [0.25, 0.3) is 0 Å². The third-order valence-corrected chi connectivity index (χ3v) is 1.43. The SMILES string of the molecule is NC(=O)C=Cc1cncnc1Cl. The maximum Gasteiger partial charge on any atom is 0.241 e. The summed E-state index contributed by atoms with van der Waals surface area (Å²) in [5.41, 5.74) is 5.45. The van der Waals surface area contributed by atoms with Crippen LogP contribution in [0.3, 0.4) is 0 Å². The van der Waals surface area contributed by atoms with Crippen LogP contribution in [0, 0.1) is 0 Å². The summed E-state index contributed by atoms with van der Waals surface area (Å²) < 4.78 is 0. The monoisotopic (exact) mass is 183 g/mol. The number of primary amides is 1. The van der Waals surface area contributed by atoms with Gasteiger partial charge in [-0.05, 0) is 6.08 Å². The van der Waals surface area contributed by atoms with E-state index >= 15 is 0 Å². The third-order valence-electron chi connectivity index (χ3n) is 1.12. The van der Waals surface area contributed by atoms with Crippen LogP contribution in [-0.4, -0.2) is 15.9 Å². The average Bonchev–Trinajstić information content (AvgIpc) is 2.03. The van der Waals surface area contributed by atoms with Gasteiger partial charge in [-0.25, -0.2) is 9.97 Å². The Hall–Kier alpha value is -1.42. The fourth-order valence-corrected chi connectivity index (χ4v) is 0.765. The van der Waals surface area contributed by atoms with Gasteiger partial charge in [-0.15, -0.1) is 0 Å². The first-order chi connectivity index (χ1) is 5.70. The fraction of sp³-hybridized carbons (Fsp3) is 0. The molecule has 0 fully saturated rings. The van der Waals surface area contributed by atoms with Crippen molar-refractivity contribution in [1.29, 1.82) is 0 Å². The van der Waals surface area contributed by atoms with E-state index < -0.39 is 5.91 Å². The molecule has 1 heterocycles. The van der Waals surface area contributed by atoms with E-state index in [2.05, 4.69) is 9.97 Å². The van der Waals surface area contributed by atoms with Crippen molar-refractivity contribution < 1.29 is 4.79 Å². The highest BCUT2D eigenvalue weighted by molar-refractivity contribution is 6.30. The molecule has 0 aliphatic heterocycles. The summed E-state index contributed by atoms with van der Waals surface area (Å²) in [7, 11) is 0. The van der Waals surface area contributed by atoms with E-state index in [9.17, 15) is 4.79 Å². The standard InChI is InChI=1S/C7H6ClN3O/c8-7-5(1-2-6(9)12)3-10-4-11-7/h1-4H,(H2,9,12). The van der Waals surface area contributed by atoms with Gasteiger partial charge in [0.2, 0.25) is 5.91 Å². The number of amides is 1. The maximum atomic E-state index is 10.3. The molecule has 0 bridgehead atoms. The van der Waals surface area contributed by atoms with Crippen LogP contribution < -0.4 is 5.73 Å². The van der Waals surface area contributed by atoms with E-state index in [1.165, 1.54) is 24.7 Å². The number of hydrogen-bond acceptors (Lipinski definition) is 3. The molecule has 0 aromatic carbocycles. The van der Waals surface area contributed by atoms with E-state index in [0.29, 0.717) is 10.7 Å². The zero-order valence-electron chi connectivity index (χ0n) is 6.07. The normalized spacial score (nSPS) is 10.4. The highest BCUT2D eigenvalue weighted by Crippen LogP contribution is 2.11. The topological polar surface area (TPSA) is 68.9 Å².